The van der Waals surface area contributed by atoms with Crippen molar-refractivity contribution in [1.82, 2.24) is 15.5 Å². The smallest absolute Gasteiger partial charge is 0.341 e. The number of amides is 1. The van der Waals surface area contributed by atoms with Crippen molar-refractivity contribution in [2.24, 2.45) is 5.92 Å². The summed E-state index contributed by atoms with van der Waals surface area (Å²) in [5.41, 5.74) is 1.40. The number of H-pyrrole nitrogens is 1. The van der Waals surface area contributed by atoms with Crippen LogP contribution in [0, 0.1) is 11.7 Å². The first kappa shape index (κ1) is 14.2. The van der Waals surface area contributed by atoms with Gasteiger partial charge in [0.2, 0.25) is 5.91 Å². The van der Waals surface area contributed by atoms with Crippen LogP contribution < -0.4 is 5.32 Å². The maximum Gasteiger partial charge on any atom is 0.341 e. The highest BCUT2D eigenvalue weighted by molar-refractivity contribution is 5.95. The molecule has 0 spiro atoms. The van der Waals surface area contributed by atoms with Crippen molar-refractivity contribution in [2.75, 3.05) is 13.2 Å². The lowest BCUT2D eigenvalue weighted by atomic mass is 10.1. The molecule has 0 bridgehead atoms. The van der Waals surface area contributed by atoms with Crippen molar-refractivity contribution in [3.63, 3.8) is 0 Å². The molecule has 1 amide bonds. The van der Waals surface area contributed by atoms with Crippen LogP contribution in [0.1, 0.15) is 16.8 Å². The van der Waals surface area contributed by atoms with E-state index in [1.165, 1.54) is 18.3 Å². The summed E-state index contributed by atoms with van der Waals surface area (Å²) in [5.74, 6) is -0.910. The van der Waals surface area contributed by atoms with Crippen LogP contribution in [0.15, 0.2) is 30.5 Å². The van der Waals surface area contributed by atoms with E-state index in [0.717, 1.165) is 0 Å². The number of halogens is 1. The zero-order valence-electron chi connectivity index (χ0n) is 11.6. The monoisotopic (exact) mass is 303 g/mol. The third kappa shape index (κ3) is 2.98. The molecular formula is C15H14FN3O3. The summed E-state index contributed by atoms with van der Waals surface area (Å²) in [7, 11) is 0. The van der Waals surface area contributed by atoms with Gasteiger partial charge >= 0.3 is 5.97 Å². The number of hydrogen-bond donors (Lipinski definition) is 2. The Balaban J connectivity index is 1.69. The third-order valence-corrected chi connectivity index (χ3v) is 3.50. The van der Waals surface area contributed by atoms with Gasteiger partial charge in [-0.2, -0.15) is 5.10 Å². The molecule has 2 N–H and O–H groups in total. The number of carbonyl (C=O) groups is 2. The molecule has 7 heteroatoms. The minimum absolute atomic E-state index is 0.00220. The van der Waals surface area contributed by atoms with Gasteiger partial charge in [0.1, 0.15) is 11.4 Å². The van der Waals surface area contributed by atoms with E-state index in [9.17, 15) is 14.0 Å². The number of ether oxygens (including phenoxy) is 1. The molecule has 1 aromatic carbocycles. The molecule has 1 aliphatic rings. The highest BCUT2D eigenvalue weighted by Gasteiger charge is 2.24. The number of hydrogen-bond acceptors (Lipinski definition) is 4. The minimum Gasteiger partial charge on any atom is -0.462 e. The number of aromatic amines is 1. The first-order valence-corrected chi connectivity index (χ1v) is 6.86. The molecule has 3 rings (SSSR count). The Hall–Kier alpha value is -2.70. The summed E-state index contributed by atoms with van der Waals surface area (Å²) in [4.78, 5) is 23.2. The van der Waals surface area contributed by atoms with Crippen LogP contribution in [0.5, 0.6) is 0 Å². The molecule has 0 aliphatic carbocycles. The quantitative estimate of drug-likeness (QED) is 0.839. The molecule has 2 heterocycles. The maximum atomic E-state index is 13.0. The van der Waals surface area contributed by atoms with Gasteiger partial charge in [-0.25, -0.2) is 9.18 Å². The number of carbonyl (C=O) groups excluding carboxylic acids is 2. The highest BCUT2D eigenvalue weighted by atomic mass is 19.1. The van der Waals surface area contributed by atoms with Gasteiger partial charge in [0.15, 0.2) is 0 Å². The average molecular weight is 303 g/mol. The normalized spacial score (nSPS) is 17.3. The lowest BCUT2D eigenvalue weighted by Gasteiger charge is -2.09. The summed E-state index contributed by atoms with van der Waals surface area (Å²) in [5, 5.41) is 9.25. The Morgan fingerprint density at radius 3 is 2.82 bits per heavy atom. The van der Waals surface area contributed by atoms with E-state index < -0.39 is 5.97 Å². The van der Waals surface area contributed by atoms with Crippen LogP contribution in [0.25, 0.3) is 11.3 Å². The van der Waals surface area contributed by atoms with E-state index in [2.05, 4.69) is 15.5 Å². The second kappa shape index (κ2) is 5.97. The van der Waals surface area contributed by atoms with E-state index in [1.54, 1.807) is 12.1 Å². The maximum absolute atomic E-state index is 13.0. The number of esters is 1. The molecule has 6 nitrogen and oxygen atoms in total. The number of aromatic nitrogens is 2. The fraction of sp³-hybridized carbons (Fsp3) is 0.267. The van der Waals surface area contributed by atoms with Gasteiger partial charge in [-0.15, -0.1) is 0 Å². The standard InChI is InChI=1S/C15H14FN3O3/c16-11-3-1-10(2-4-11)14-12(7-18-19-14)15(21)22-8-9-5-13(20)17-6-9/h1-4,7,9H,5-6,8H2,(H,17,20)(H,18,19). The van der Waals surface area contributed by atoms with E-state index in [4.69, 9.17) is 4.74 Å². The van der Waals surface area contributed by atoms with Gasteiger partial charge in [-0.05, 0) is 24.3 Å². The van der Waals surface area contributed by atoms with Crippen LogP contribution in [0.3, 0.4) is 0 Å². The molecule has 22 heavy (non-hydrogen) atoms. The SMILES string of the molecule is O=C1CC(COC(=O)c2cn[nH]c2-c2ccc(F)cc2)CN1. The molecular weight excluding hydrogens is 289 g/mol. The van der Waals surface area contributed by atoms with Gasteiger partial charge in [0, 0.05) is 24.4 Å². The molecule has 1 atom stereocenters. The number of benzene rings is 1. The van der Waals surface area contributed by atoms with Crippen LogP contribution in [-0.2, 0) is 9.53 Å². The minimum atomic E-state index is -0.521. The molecule has 0 saturated carbocycles. The fourth-order valence-corrected chi connectivity index (χ4v) is 2.33. The van der Waals surface area contributed by atoms with Gasteiger partial charge < -0.3 is 10.1 Å². The van der Waals surface area contributed by atoms with Gasteiger partial charge in [-0.1, -0.05) is 0 Å². The fourth-order valence-electron chi connectivity index (χ4n) is 2.33. The van der Waals surface area contributed by atoms with Crippen LogP contribution >= 0.6 is 0 Å². The molecule has 1 saturated heterocycles. The van der Waals surface area contributed by atoms with Crippen molar-refractivity contribution in [3.8, 4) is 11.3 Å². The van der Waals surface area contributed by atoms with Crippen molar-refractivity contribution in [1.29, 1.82) is 0 Å². The Morgan fingerprint density at radius 2 is 2.14 bits per heavy atom. The van der Waals surface area contributed by atoms with Crippen molar-refractivity contribution in [2.45, 2.75) is 6.42 Å². The molecule has 1 aliphatic heterocycles. The van der Waals surface area contributed by atoms with E-state index in [-0.39, 0.29) is 29.8 Å². The van der Waals surface area contributed by atoms with Crippen molar-refractivity contribution >= 4 is 11.9 Å². The topological polar surface area (TPSA) is 84.1 Å². The highest BCUT2D eigenvalue weighted by Crippen LogP contribution is 2.22. The second-order valence-electron chi connectivity index (χ2n) is 5.14. The summed E-state index contributed by atoms with van der Waals surface area (Å²) >= 11 is 0. The summed E-state index contributed by atoms with van der Waals surface area (Å²) < 4.78 is 18.2. The third-order valence-electron chi connectivity index (χ3n) is 3.50. The van der Waals surface area contributed by atoms with Gasteiger partial charge in [-0.3, -0.25) is 9.89 Å². The molecule has 0 radical (unpaired) electrons. The largest absolute Gasteiger partial charge is 0.462 e. The van der Waals surface area contributed by atoms with E-state index in [1.807, 2.05) is 0 Å². The van der Waals surface area contributed by atoms with Crippen LogP contribution in [0.4, 0.5) is 4.39 Å². The second-order valence-corrected chi connectivity index (χ2v) is 5.14. The Kier molecular flexibility index (Phi) is 3.86. The summed E-state index contributed by atoms with van der Waals surface area (Å²) in [6.45, 7) is 0.688. The first-order chi connectivity index (χ1) is 10.6. The van der Waals surface area contributed by atoms with Crippen molar-refractivity contribution < 1.29 is 18.7 Å². The Bertz CT molecular complexity index is 696. The number of nitrogens with one attached hydrogen (secondary N) is 2. The molecule has 1 aromatic heterocycles. The van der Waals surface area contributed by atoms with Gasteiger partial charge in [0.25, 0.3) is 0 Å². The first-order valence-electron chi connectivity index (χ1n) is 6.86. The van der Waals surface area contributed by atoms with Crippen LogP contribution in [-0.4, -0.2) is 35.2 Å². The Labute approximate surface area is 125 Å². The zero-order valence-corrected chi connectivity index (χ0v) is 11.6. The number of nitrogens with zero attached hydrogens (tertiary/aromatic N) is 1. The lowest BCUT2D eigenvalue weighted by molar-refractivity contribution is -0.119. The van der Waals surface area contributed by atoms with Crippen molar-refractivity contribution in [3.05, 3.63) is 41.8 Å². The zero-order chi connectivity index (χ0) is 15.5. The number of rotatable bonds is 4. The molecule has 114 valence electrons. The lowest BCUT2D eigenvalue weighted by Crippen LogP contribution is -2.17. The molecule has 2 aromatic rings. The summed E-state index contributed by atoms with van der Waals surface area (Å²) in [6.07, 6.45) is 1.74. The van der Waals surface area contributed by atoms with Gasteiger partial charge in [0.05, 0.1) is 18.5 Å². The molecule has 1 fully saturated rings. The average Bonchev–Trinajstić information content (AvgIpc) is 3.14. The Morgan fingerprint density at radius 1 is 1.36 bits per heavy atom. The van der Waals surface area contributed by atoms with E-state index in [0.29, 0.717) is 24.2 Å². The predicted octanol–water partition coefficient (Wildman–Crippen LogP) is 1.51. The van der Waals surface area contributed by atoms with Crippen LogP contribution in [0.2, 0.25) is 0 Å². The molecule has 1 unspecified atom stereocenters. The predicted molar refractivity (Wildman–Crippen MR) is 75.4 cm³/mol. The van der Waals surface area contributed by atoms with E-state index >= 15 is 0 Å². The summed E-state index contributed by atoms with van der Waals surface area (Å²) in [6, 6.07) is 5.72.